The Morgan fingerprint density at radius 3 is 2.33 bits per heavy atom. The van der Waals surface area contributed by atoms with Gasteiger partial charge in [0.2, 0.25) is 5.91 Å². The maximum absolute atomic E-state index is 12.4. The molecule has 0 aromatic heterocycles. The summed E-state index contributed by atoms with van der Waals surface area (Å²) in [6, 6.07) is 8.42. The molecule has 0 aliphatic heterocycles. The minimum Gasteiger partial charge on any atom is -0.356 e. The second kappa shape index (κ2) is 6.83. The van der Waals surface area contributed by atoms with Gasteiger partial charge in [-0.3, -0.25) is 4.79 Å². The molecule has 1 N–H and O–H groups in total. The van der Waals surface area contributed by atoms with E-state index in [-0.39, 0.29) is 11.8 Å². The van der Waals surface area contributed by atoms with Crippen LogP contribution in [0.2, 0.25) is 0 Å². The van der Waals surface area contributed by atoms with E-state index < -0.39 is 0 Å². The largest absolute Gasteiger partial charge is 0.356 e. The molecule has 0 saturated heterocycles. The van der Waals surface area contributed by atoms with Crippen molar-refractivity contribution in [3.8, 4) is 0 Å². The van der Waals surface area contributed by atoms with Gasteiger partial charge in [0, 0.05) is 18.3 Å². The van der Waals surface area contributed by atoms with Crippen LogP contribution in [0.3, 0.4) is 0 Å². The SMILES string of the molecule is O=C(NCC1CCCCC1CCl)C1Cc2ccccc2C1. The molecule has 0 spiro atoms. The van der Waals surface area contributed by atoms with Crippen LogP contribution in [-0.4, -0.2) is 18.3 Å². The molecule has 1 aromatic rings. The molecule has 0 bridgehead atoms. The van der Waals surface area contributed by atoms with E-state index in [0.29, 0.717) is 11.8 Å². The second-order valence-corrected chi connectivity index (χ2v) is 6.89. The Bertz CT molecular complexity index is 477. The lowest BCUT2D eigenvalue weighted by Gasteiger charge is -2.30. The maximum atomic E-state index is 12.4. The van der Waals surface area contributed by atoms with Gasteiger partial charge in [-0.05, 0) is 48.6 Å². The summed E-state index contributed by atoms with van der Waals surface area (Å²) < 4.78 is 0. The van der Waals surface area contributed by atoms with Crippen LogP contribution < -0.4 is 5.32 Å². The normalized spacial score (nSPS) is 25.6. The quantitative estimate of drug-likeness (QED) is 0.847. The predicted molar refractivity (Wildman–Crippen MR) is 86.5 cm³/mol. The van der Waals surface area contributed by atoms with Crippen molar-refractivity contribution in [1.29, 1.82) is 0 Å². The summed E-state index contributed by atoms with van der Waals surface area (Å²) in [6.45, 7) is 0.809. The topological polar surface area (TPSA) is 29.1 Å². The number of halogens is 1. The van der Waals surface area contributed by atoms with Crippen molar-refractivity contribution in [1.82, 2.24) is 5.32 Å². The van der Waals surface area contributed by atoms with Crippen molar-refractivity contribution >= 4 is 17.5 Å². The van der Waals surface area contributed by atoms with E-state index in [1.54, 1.807) is 0 Å². The number of amides is 1. The number of benzene rings is 1. The molecule has 1 fully saturated rings. The average molecular weight is 306 g/mol. The lowest BCUT2D eigenvalue weighted by atomic mass is 9.80. The molecule has 2 aliphatic rings. The lowest BCUT2D eigenvalue weighted by Crippen LogP contribution is -2.38. The van der Waals surface area contributed by atoms with Gasteiger partial charge in [0.25, 0.3) is 0 Å². The fourth-order valence-corrected chi connectivity index (χ4v) is 4.28. The Morgan fingerprint density at radius 2 is 1.71 bits per heavy atom. The van der Waals surface area contributed by atoms with Gasteiger partial charge in [-0.1, -0.05) is 37.1 Å². The van der Waals surface area contributed by atoms with Crippen molar-refractivity contribution in [2.24, 2.45) is 17.8 Å². The molecule has 0 heterocycles. The summed E-state index contributed by atoms with van der Waals surface area (Å²) in [5.41, 5.74) is 2.68. The first-order chi connectivity index (χ1) is 10.3. The number of carbonyl (C=O) groups is 1. The zero-order valence-electron chi connectivity index (χ0n) is 12.5. The molecule has 21 heavy (non-hydrogen) atoms. The van der Waals surface area contributed by atoms with Gasteiger partial charge < -0.3 is 5.32 Å². The van der Waals surface area contributed by atoms with Crippen molar-refractivity contribution in [3.05, 3.63) is 35.4 Å². The van der Waals surface area contributed by atoms with E-state index in [4.69, 9.17) is 11.6 Å². The Balaban J connectivity index is 1.51. The van der Waals surface area contributed by atoms with Crippen molar-refractivity contribution in [3.63, 3.8) is 0 Å². The summed E-state index contributed by atoms with van der Waals surface area (Å²) >= 11 is 6.07. The second-order valence-electron chi connectivity index (χ2n) is 6.58. The zero-order valence-corrected chi connectivity index (χ0v) is 13.2. The molecule has 2 atom stereocenters. The molecular formula is C18H24ClNO. The van der Waals surface area contributed by atoms with Crippen LogP contribution in [-0.2, 0) is 17.6 Å². The summed E-state index contributed by atoms with van der Waals surface area (Å²) in [5, 5.41) is 3.20. The highest BCUT2D eigenvalue weighted by Crippen LogP contribution is 2.31. The molecular weight excluding hydrogens is 282 g/mol. The van der Waals surface area contributed by atoms with E-state index in [9.17, 15) is 4.79 Å². The van der Waals surface area contributed by atoms with E-state index >= 15 is 0 Å². The molecule has 0 radical (unpaired) electrons. The highest BCUT2D eigenvalue weighted by atomic mass is 35.5. The fourth-order valence-electron chi connectivity index (χ4n) is 3.88. The van der Waals surface area contributed by atoms with Gasteiger partial charge in [-0.15, -0.1) is 11.6 Å². The van der Waals surface area contributed by atoms with Gasteiger partial charge in [0.15, 0.2) is 0 Å². The van der Waals surface area contributed by atoms with Crippen LogP contribution in [0.25, 0.3) is 0 Å². The van der Waals surface area contributed by atoms with Gasteiger partial charge in [-0.2, -0.15) is 0 Å². The fraction of sp³-hybridized carbons (Fsp3) is 0.611. The van der Waals surface area contributed by atoms with Crippen LogP contribution in [0.5, 0.6) is 0 Å². The molecule has 3 rings (SSSR count). The minimum atomic E-state index is 0.125. The van der Waals surface area contributed by atoms with E-state index in [2.05, 4.69) is 29.6 Å². The zero-order chi connectivity index (χ0) is 14.7. The molecule has 2 aliphatic carbocycles. The standard InChI is InChI=1S/C18H24ClNO/c19-11-15-7-3-4-8-16(15)12-20-18(21)17-9-13-5-1-2-6-14(13)10-17/h1-2,5-6,15-17H,3-4,7-12H2,(H,20,21). The number of nitrogens with one attached hydrogen (secondary N) is 1. The molecule has 114 valence electrons. The van der Waals surface area contributed by atoms with Gasteiger partial charge in [0.05, 0.1) is 0 Å². The summed E-state index contributed by atoms with van der Waals surface area (Å²) in [4.78, 5) is 12.4. The van der Waals surface area contributed by atoms with E-state index in [1.807, 2.05) is 0 Å². The first kappa shape index (κ1) is 14.9. The molecule has 3 heteroatoms. The van der Waals surface area contributed by atoms with Crippen LogP contribution in [0, 0.1) is 17.8 Å². The lowest BCUT2D eigenvalue weighted by molar-refractivity contribution is -0.125. The van der Waals surface area contributed by atoms with Crippen molar-refractivity contribution in [2.45, 2.75) is 38.5 Å². The maximum Gasteiger partial charge on any atom is 0.223 e. The Labute approximate surface area is 132 Å². The third kappa shape index (κ3) is 3.42. The summed E-state index contributed by atoms with van der Waals surface area (Å²) in [7, 11) is 0. The molecule has 1 aromatic carbocycles. The number of hydrogen-bond acceptors (Lipinski definition) is 1. The summed E-state index contributed by atoms with van der Waals surface area (Å²) in [6.07, 6.45) is 6.79. The Kier molecular flexibility index (Phi) is 4.84. The van der Waals surface area contributed by atoms with Crippen molar-refractivity contribution in [2.75, 3.05) is 12.4 Å². The highest BCUT2D eigenvalue weighted by molar-refractivity contribution is 6.18. The van der Waals surface area contributed by atoms with Gasteiger partial charge in [0.1, 0.15) is 0 Å². The minimum absolute atomic E-state index is 0.125. The summed E-state index contributed by atoms with van der Waals surface area (Å²) in [5.74, 6) is 2.24. The highest BCUT2D eigenvalue weighted by Gasteiger charge is 2.29. The van der Waals surface area contributed by atoms with Crippen LogP contribution in [0.4, 0.5) is 0 Å². The van der Waals surface area contributed by atoms with Gasteiger partial charge in [-0.25, -0.2) is 0 Å². The number of rotatable bonds is 4. The number of hydrogen-bond donors (Lipinski definition) is 1. The van der Waals surface area contributed by atoms with Crippen LogP contribution in [0.15, 0.2) is 24.3 Å². The first-order valence-electron chi connectivity index (χ1n) is 8.18. The third-order valence-corrected chi connectivity index (χ3v) is 5.62. The number of alkyl halides is 1. The molecule has 2 nitrogen and oxygen atoms in total. The van der Waals surface area contributed by atoms with Gasteiger partial charge >= 0.3 is 0 Å². The predicted octanol–water partition coefficient (Wildman–Crippen LogP) is 3.56. The van der Waals surface area contributed by atoms with Crippen LogP contribution in [0.1, 0.15) is 36.8 Å². The molecule has 2 unspecified atom stereocenters. The van der Waals surface area contributed by atoms with E-state index in [0.717, 1.165) is 25.3 Å². The van der Waals surface area contributed by atoms with Crippen molar-refractivity contribution < 1.29 is 4.79 Å². The van der Waals surface area contributed by atoms with Crippen LogP contribution >= 0.6 is 11.6 Å². The number of fused-ring (bicyclic) bond motifs is 1. The number of carbonyl (C=O) groups excluding carboxylic acids is 1. The smallest absolute Gasteiger partial charge is 0.223 e. The monoisotopic (exact) mass is 305 g/mol. The third-order valence-electron chi connectivity index (χ3n) is 5.22. The first-order valence-corrected chi connectivity index (χ1v) is 8.72. The molecule has 1 amide bonds. The Morgan fingerprint density at radius 1 is 1.10 bits per heavy atom. The van der Waals surface area contributed by atoms with E-state index in [1.165, 1.54) is 36.8 Å². The average Bonchev–Trinajstić information content (AvgIpc) is 2.97. The Hall–Kier alpha value is -1.02. The molecule has 1 saturated carbocycles.